The first kappa shape index (κ1) is 13.9. The zero-order valence-corrected chi connectivity index (χ0v) is 12.4. The van der Waals surface area contributed by atoms with Gasteiger partial charge in [0.1, 0.15) is 11.5 Å². The van der Waals surface area contributed by atoms with Gasteiger partial charge in [0.05, 0.1) is 5.56 Å². The largest absolute Gasteiger partial charge is 0.456 e. The minimum Gasteiger partial charge on any atom is -0.456 e. The minimum absolute atomic E-state index is 0.421. The number of aldehydes is 1. The normalized spacial score (nSPS) is 10.6. The van der Waals surface area contributed by atoms with Crippen LogP contribution in [0.2, 0.25) is 10.0 Å². The lowest BCUT2D eigenvalue weighted by atomic mass is 10.1. The maximum Gasteiger partial charge on any atom is 0.153 e. The molecule has 3 aromatic carbocycles. The standard InChI is InChI=1S/C17H10Cl2O2/c18-12-6-5-11(10-20)17(9-12)21-16-8-7-15(19)13-3-1-2-4-14(13)16/h1-10H. The second-order valence-electron chi connectivity index (χ2n) is 4.49. The van der Waals surface area contributed by atoms with Gasteiger partial charge in [0.15, 0.2) is 6.29 Å². The average Bonchev–Trinajstić information content (AvgIpc) is 2.51. The van der Waals surface area contributed by atoms with Gasteiger partial charge in [-0.15, -0.1) is 0 Å². The first-order valence-electron chi connectivity index (χ1n) is 6.29. The molecular formula is C17H10Cl2O2. The van der Waals surface area contributed by atoms with Crippen LogP contribution in [0, 0.1) is 0 Å². The summed E-state index contributed by atoms with van der Waals surface area (Å²) in [4.78, 5) is 11.1. The molecule has 21 heavy (non-hydrogen) atoms. The Balaban J connectivity index is 2.13. The smallest absolute Gasteiger partial charge is 0.153 e. The van der Waals surface area contributed by atoms with Gasteiger partial charge in [0, 0.05) is 26.9 Å². The number of halogens is 2. The van der Waals surface area contributed by atoms with Crippen LogP contribution in [-0.4, -0.2) is 6.29 Å². The van der Waals surface area contributed by atoms with Crippen molar-refractivity contribution in [1.82, 2.24) is 0 Å². The van der Waals surface area contributed by atoms with E-state index in [2.05, 4.69) is 0 Å². The molecule has 3 aromatic rings. The molecule has 0 unspecified atom stereocenters. The zero-order chi connectivity index (χ0) is 14.8. The van der Waals surface area contributed by atoms with Crippen molar-refractivity contribution in [2.24, 2.45) is 0 Å². The quantitative estimate of drug-likeness (QED) is 0.575. The van der Waals surface area contributed by atoms with Crippen molar-refractivity contribution in [2.75, 3.05) is 0 Å². The molecule has 0 spiro atoms. The van der Waals surface area contributed by atoms with Crippen LogP contribution in [0.5, 0.6) is 11.5 Å². The molecule has 4 heteroatoms. The van der Waals surface area contributed by atoms with Crippen LogP contribution in [0.1, 0.15) is 10.4 Å². The van der Waals surface area contributed by atoms with Crippen LogP contribution < -0.4 is 4.74 Å². The SMILES string of the molecule is O=Cc1ccc(Cl)cc1Oc1ccc(Cl)c2ccccc12. The molecule has 0 heterocycles. The van der Waals surface area contributed by atoms with Gasteiger partial charge in [-0.3, -0.25) is 4.79 Å². The molecular weight excluding hydrogens is 307 g/mol. The van der Waals surface area contributed by atoms with Gasteiger partial charge in [0.25, 0.3) is 0 Å². The second-order valence-corrected chi connectivity index (χ2v) is 5.34. The van der Waals surface area contributed by atoms with Crippen LogP contribution in [0.3, 0.4) is 0 Å². The zero-order valence-electron chi connectivity index (χ0n) is 10.8. The lowest BCUT2D eigenvalue weighted by Crippen LogP contribution is -1.91. The Bertz CT molecular complexity index is 828. The van der Waals surface area contributed by atoms with Gasteiger partial charge >= 0.3 is 0 Å². The van der Waals surface area contributed by atoms with Crippen molar-refractivity contribution in [1.29, 1.82) is 0 Å². The van der Waals surface area contributed by atoms with Crippen molar-refractivity contribution in [3.05, 3.63) is 70.2 Å². The van der Waals surface area contributed by atoms with Gasteiger partial charge in [-0.2, -0.15) is 0 Å². The molecule has 0 amide bonds. The van der Waals surface area contributed by atoms with Gasteiger partial charge in [-0.05, 0) is 24.3 Å². The van der Waals surface area contributed by atoms with E-state index in [1.807, 2.05) is 24.3 Å². The summed E-state index contributed by atoms with van der Waals surface area (Å²) in [5.74, 6) is 1.05. The van der Waals surface area contributed by atoms with Crippen molar-refractivity contribution < 1.29 is 9.53 Å². The van der Waals surface area contributed by atoms with Gasteiger partial charge < -0.3 is 4.74 Å². The van der Waals surface area contributed by atoms with Gasteiger partial charge in [0.2, 0.25) is 0 Å². The van der Waals surface area contributed by atoms with Crippen LogP contribution in [0.4, 0.5) is 0 Å². The summed E-state index contributed by atoms with van der Waals surface area (Å²) in [5.41, 5.74) is 0.443. The molecule has 0 fully saturated rings. The molecule has 0 radical (unpaired) electrons. The predicted molar refractivity (Wildman–Crippen MR) is 85.9 cm³/mol. The molecule has 0 aliphatic heterocycles. The van der Waals surface area contributed by atoms with E-state index in [1.165, 1.54) is 0 Å². The summed E-state index contributed by atoms with van der Waals surface area (Å²) in [7, 11) is 0. The molecule has 0 N–H and O–H groups in total. The summed E-state index contributed by atoms with van der Waals surface area (Å²) in [6.45, 7) is 0. The van der Waals surface area contributed by atoms with Crippen LogP contribution in [0.25, 0.3) is 10.8 Å². The Kier molecular flexibility index (Phi) is 3.82. The fourth-order valence-electron chi connectivity index (χ4n) is 2.14. The number of fused-ring (bicyclic) bond motifs is 1. The Morgan fingerprint density at radius 3 is 2.38 bits per heavy atom. The highest BCUT2D eigenvalue weighted by Crippen LogP contribution is 2.35. The molecule has 104 valence electrons. The van der Waals surface area contributed by atoms with E-state index in [1.54, 1.807) is 30.3 Å². The van der Waals surface area contributed by atoms with Crippen molar-refractivity contribution in [3.8, 4) is 11.5 Å². The third kappa shape index (κ3) is 2.73. The Morgan fingerprint density at radius 1 is 0.857 bits per heavy atom. The van der Waals surface area contributed by atoms with E-state index in [0.29, 0.717) is 27.1 Å². The Labute approximate surface area is 131 Å². The molecule has 0 bridgehead atoms. The molecule has 0 aliphatic rings. The van der Waals surface area contributed by atoms with Crippen molar-refractivity contribution in [3.63, 3.8) is 0 Å². The second kappa shape index (κ2) is 5.76. The highest BCUT2D eigenvalue weighted by molar-refractivity contribution is 6.35. The van der Waals surface area contributed by atoms with E-state index >= 15 is 0 Å². The number of carbonyl (C=O) groups excluding carboxylic acids is 1. The Morgan fingerprint density at radius 2 is 1.62 bits per heavy atom. The molecule has 0 aromatic heterocycles. The fourth-order valence-corrected chi connectivity index (χ4v) is 2.53. The Hall–Kier alpha value is -2.03. The maximum atomic E-state index is 11.1. The van der Waals surface area contributed by atoms with Crippen LogP contribution >= 0.6 is 23.2 Å². The first-order valence-corrected chi connectivity index (χ1v) is 7.04. The van der Waals surface area contributed by atoms with E-state index in [0.717, 1.165) is 17.1 Å². The molecule has 0 aliphatic carbocycles. The van der Waals surface area contributed by atoms with E-state index in [-0.39, 0.29) is 0 Å². The van der Waals surface area contributed by atoms with E-state index in [4.69, 9.17) is 27.9 Å². The van der Waals surface area contributed by atoms with Gasteiger partial charge in [-0.1, -0.05) is 47.5 Å². The first-order chi connectivity index (χ1) is 10.2. The summed E-state index contributed by atoms with van der Waals surface area (Å²) < 4.78 is 5.88. The highest BCUT2D eigenvalue weighted by atomic mass is 35.5. The summed E-state index contributed by atoms with van der Waals surface area (Å²) >= 11 is 12.1. The third-order valence-corrected chi connectivity index (χ3v) is 3.72. The molecule has 0 saturated carbocycles. The number of carbonyl (C=O) groups is 1. The highest BCUT2D eigenvalue weighted by Gasteiger charge is 2.09. The number of hydrogen-bond donors (Lipinski definition) is 0. The summed E-state index contributed by atoms with van der Waals surface area (Å²) in [5, 5.41) is 2.93. The van der Waals surface area contributed by atoms with Gasteiger partial charge in [-0.25, -0.2) is 0 Å². The number of ether oxygens (including phenoxy) is 1. The summed E-state index contributed by atoms with van der Waals surface area (Å²) in [6, 6.07) is 16.1. The molecule has 2 nitrogen and oxygen atoms in total. The van der Waals surface area contributed by atoms with E-state index in [9.17, 15) is 4.79 Å². The number of benzene rings is 3. The van der Waals surface area contributed by atoms with Crippen molar-refractivity contribution in [2.45, 2.75) is 0 Å². The number of hydrogen-bond acceptors (Lipinski definition) is 2. The van der Waals surface area contributed by atoms with Crippen LogP contribution in [-0.2, 0) is 0 Å². The summed E-state index contributed by atoms with van der Waals surface area (Å²) in [6.07, 6.45) is 0.740. The molecule has 0 atom stereocenters. The predicted octanol–water partition coefficient (Wildman–Crippen LogP) is 5.75. The number of rotatable bonds is 3. The molecule has 0 saturated heterocycles. The van der Waals surface area contributed by atoms with Crippen molar-refractivity contribution >= 4 is 40.3 Å². The average molecular weight is 317 g/mol. The molecule has 3 rings (SSSR count). The minimum atomic E-state index is 0.421. The topological polar surface area (TPSA) is 26.3 Å². The monoisotopic (exact) mass is 316 g/mol. The fraction of sp³-hybridized carbons (Fsp3) is 0. The van der Waals surface area contributed by atoms with Crippen LogP contribution in [0.15, 0.2) is 54.6 Å². The maximum absolute atomic E-state index is 11.1. The van der Waals surface area contributed by atoms with E-state index < -0.39 is 0 Å². The lowest BCUT2D eigenvalue weighted by molar-refractivity contribution is 0.112. The lowest BCUT2D eigenvalue weighted by Gasteiger charge is -2.11. The third-order valence-electron chi connectivity index (χ3n) is 3.15.